The van der Waals surface area contributed by atoms with Gasteiger partial charge in [-0.15, -0.1) is 0 Å². The summed E-state index contributed by atoms with van der Waals surface area (Å²) in [7, 11) is -10.1. The van der Waals surface area contributed by atoms with E-state index in [1.165, 1.54) is 0 Å². The molecule has 0 radical (unpaired) electrons. The zero-order valence-electron chi connectivity index (χ0n) is 31.2. The van der Waals surface area contributed by atoms with Gasteiger partial charge in [-0.1, -0.05) is 12.2 Å². The average Bonchev–Trinajstić information content (AvgIpc) is 2.99. The summed E-state index contributed by atoms with van der Waals surface area (Å²) in [5.74, 6) is -11.8. The second kappa shape index (κ2) is 30.4. The third-order valence-electron chi connectivity index (χ3n) is 6.95. The average molecular weight is 995 g/mol. The first-order chi connectivity index (χ1) is 23.5. The zero-order chi connectivity index (χ0) is 39.2. The molecule has 2 atom stereocenters. The number of aromatic nitrogens is 1. The Morgan fingerprint density at radius 3 is 1.66 bits per heavy atom. The summed E-state index contributed by atoms with van der Waals surface area (Å²) in [4.78, 5) is 66.7. The molecule has 22 nitrogen and oxygen atoms in total. The van der Waals surface area contributed by atoms with Crippen LogP contribution in [-0.2, 0) is 63.3 Å². The van der Waals surface area contributed by atoms with Crippen LogP contribution in [0.1, 0.15) is 28.4 Å². The number of hydrogen-bond acceptors (Lipinski definition) is 18. The number of hydrogen-bond donors (Lipinski definition) is 2. The Bertz CT molecular complexity index is 2060. The van der Waals surface area contributed by atoms with E-state index in [2.05, 4.69) is 0 Å². The van der Waals surface area contributed by atoms with E-state index in [9.17, 15) is 82.8 Å². The molecule has 31 heteroatoms. The molecule has 2 N–H and O–H groups in total. The molecule has 0 bridgehead atoms. The molecule has 2 rings (SSSR count). The van der Waals surface area contributed by atoms with Crippen LogP contribution in [0, 0.1) is 6.92 Å². The Balaban J connectivity index is -0.00000270. The molecule has 0 saturated heterocycles. The number of aliphatic hydroxyl groups is 2. The molecule has 0 fully saturated rings. The van der Waals surface area contributed by atoms with Crippen LogP contribution in [0.15, 0.2) is 33.7 Å². The molecule has 1 aromatic rings. The first-order valence-electron chi connectivity index (χ1n) is 13.7. The van der Waals surface area contributed by atoms with Crippen LogP contribution in [0.3, 0.4) is 0 Å². The summed E-state index contributed by atoms with van der Waals surface area (Å²) in [6.45, 7) is -2.59. The van der Waals surface area contributed by atoms with Gasteiger partial charge in [0.25, 0.3) is 29.2 Å². The van der Waals surface area contributed by atoms with E-state index in [1.54, 1.807) is 0 Å². The molecule has 0 saturated carbocycles. The van der Waals surface area contributed by atoms with Gasteiger partial charge in [0.05, 0.1) is 43.5 Å². The Morgan fingerprint density at radius 2 is 1.23 bits per heavy atom. The number of pyridine rings is 1. The predicted molar refractivity (Wildman–Crippen MR) is 165 cm³/mol. The van der Waals surface area contributed by atoms with Crippen LogP contribution < -0.4 is 268 Å². The molecule has 1 aliphatic heterocycles. The molecule has 2 unspecified atom stereocenters. The van der Waals surface area contributed by atoms with Crippen molar-refractivity contribution in [3.8, 4) is 5.88 Å². The minimum atomic E-state index is -5.05. The van der Waals surface area contributed by atoms with Crippen molar-refractivity contribution in [1.82, 2.24) is 19.3 Å². The van der Waals surface area contributed by atoms with E-state index in [0.717, 1.165) is 32.1 Å². The minimum absolute atomic E-state index is 0. The maximum atomic E-state index is 13.3. The van der Waals surface area contributed by atoms with E-state index in [0.29, 0.717) is 0 Å². The van der Waals surface area contributed by atoms with Crippen molar-refractivity contribution in [1.29, 1.82) is 0 Å². The Kier molecular flexibility index (Phi) is 36.3. The van der Waals surface area contributed by atoms with Crippen LogP contribution in [0.2, 0.25) is 0 Å². The molecule has 0 aliphatic carbocycles. The Labute approximate surface area is 538 Å². The normalized spacial score (nSPS) is 14.8. The molecule has 0 aromatic carbocycles. The number of carbonyl (C=O) groups excluding carboxylic acids is 4. The van der Waals surface area contributed by atoms with Gasteiger partial charge in [0.1, 0.15) is 24.6 Å². The SMILES string of the molecule is CC1=C(C(=O)N(CO)CS(=O)[O-])C(=O)N(CCS(=O)(=O)[O-])C(=O)/C1=C\C=Cc1c(C)c(C(=O)N(CO)CS(=O)[O-])c(=O)n(CCS(=O)(=O)[O-])c1[O-].[K+].[K+].[K+].[K+].[K+]. The first kappa shape index (κ1) is 66.8. The Hall–Kier alpha value is 4.19. The number of rotatable bonds is 16. The number of imide groups is 1. The maximum Gasteiger partial charge on any atom is 1.00 e. The van der Waals surface area contributed by atoms with Crippen LogP contribution in [0.5, 0.6) is 5.88 Å². The van der Waals surface area contributed by atoms with Crippen molar-refractivity contribution in [2.75, 3.05) is 43.3 Å². The summed E-state index contributed by atoms with van der Waals surface area (Å²) in [5.41, 5.74) is -5.42. The monoisotopic (exact) mass is 994 g/mol. The molecule has 4 amide bonds. The fourth-order valence-corrected chi connectivity index (χ4v) is 6.22. The van der Waals surface area contributed by atoms with E-state index in [-0.39, 0.29) is 276 Å². The van der Waals surface area contributed by atoms with Gasteiger partial charge in [0.15, 0.2) is 0 Å². The summed E-state index contributed by atoms with van der Waals surface area (Å²) < 4.78 is 113. The van der Waals surface area contributed by atoms with Gasteiger partial charge >= 0.3 is 257 Å². The summed E-state index contributed by atoms with van der Waals surface area (Å²) in [6.07, 6.45) is 2.55. The standard InChI is InChI=1S/C25H32N4O18S4.5K/c1-14-16(20(32)28(6-8-50(42,43)44)24(36)18(14)22(34)26(10-30)12-48(38)39)4-3-5-17-15(2)19(23(35)27(11-31)13-49(40)41)25(37)29(21(17)33)7-9-51(45,46)47;;;;;/h3-5,30-32H,6-13H2,1-2H3,(H,38,39)(H,40,41)(H,42,43,44)(H,45,46,47);;;;;/q;5*+1/p-5/b4-3?,17-5-;;;;;. The summed E-state index contributed by atoms with van der Waals surface area (Å²) >= 11 is -5.96. The van der Waals surface area contributed by atoms with E-state index in [4.69, 9.17) is 0 Å². The molecule has 1 aliphatic rings. The Morgan fingerprint density at radius 1 is 0.786 bits per heavy atom. The second-order valence-electron chi connectivity index (χ2n) is 10.2. The number of allylic oxidation sites excluding steroid dienone is 2. The third-order valence-corrected chi connectivity index (χ3v) is 9.36. The number of nitrogens with zero attached hydrogens (tertiary/aromatic N) is 4. The van der Waals surface area contributed by atoms with Crippen molar-refractivity contribution in [2.45, 2.75) is 20.4 Å². The molecule has 284 valence electrons. The van der Waals surface area contributed by atoms with Gasteiger partial charge in [0.2, 0.25) is 0 Å². The van der Waals surface area contributed by atoms with Crippen molar-refractivity contribution in [2.24, 2.45) is 0 Å². The summed E-state index contributed by atoms with van der Waals surface area (Å²) in [6, 6.07) is 0. The molecule has 1 aromatic heterocycles. The predicted octanol–water partition coefficient (Wildman–Crippen LogP) is -20.2. The molecule has 2 heterocycles. The smallest absolute Gasteiger partial charge is 0.860 e. The van der Waals surface area contributed by atoms with Crippen LogP contribution in [0.25, 0.3) is 6.08 Å². The van der Waals surface area contributed by atoms with Crippen LogP contribution in [-0.4, -0.2) is 140 Å². The molecular weight excluding hydrogens is 968 g/mol. The fraction of sp³-hybridized carbons (Fsp3) is 0.400. The summed E-state index contributed by atoms with van der Waals surface area (Å²) in [5, 5.41) is 32.4. The molecular formula is C25H27K5N4O18S4. The van der Waals surface area contributed by atoms with Gasteiger partial charge in [-0.2, -0.15) is 0 Å². The topological polar surface area (TPSA) is 358 Å². The zero-order valence-corrected chi connectivity index (χ0v) is 50.1. The number of amides is 4. The van der Waals surface area contributed by atoms with Gasteiger partial charge in [-0.3, -0.25) is 37.3 Å². The first-order valence-corrected chi connectivity index (χ1v) is 19.3. The van der Waals surface area contributed by atoms with Crippen molar-refractivity contribution in [3.05, 3.63) is 55.9 Å². The van der Waals surface area contributed by atoms with Gasteiger partial charge in [-0.05, 0) is 64.7 Å². The second-order valence-corrected chi connectivity index (χ2v) is 15.0. The number of carbonyl (C=O) groups is 4. The van der Waals surface area contributed by atoms with Crippen molar-refractivity contribution < 1.29 is 335 Å². The van der Waals surface area contributed by atoms with E-state index < -0.39 is 161 Å². The van der Waals surface area contributed by atoms with Crippen LogP contribution >= 0.6 is 0 Å². The molecule has 56 heavy (non-hydrogen) atoms. The van der Waals surface area contributed by atoms with Crippen molar-refractivity contribution >= 4 is 72.1 Å². The van der Waals surface area contributed by atoms with Crippen LogP contribution in [0.4, 0.5) is 0 Å². The maximum absolute atomic E-state index is 13.3. The van der Waals surface area contributed by atoms with Gasteiger partial charge in [-0.25, -0.2) is 16.8 Å². The van der Waals surface area contributed by atoms with E-state index >= 15 is 0 Å². The minimum Gasteiger partial charge on any atom is -0.860 e. The van der Waals surface area contributed by atoms with Crippen molar-refractivity contribution in [3.63, 3.8) is 0 Å². The van der Waals surface area contributed by atoms with Gasteiger partial charge < -0.3 is 47.9 Å². The van der Waals surface area contributed by atoms with E-state index in [1.807, 2.05) is 0 Å². The van der Waals surface area contributed by atoms with Gasteiger partial charge in [0, 0.05) is 18.7 Å². The number of aliphatic hydroxyl groups excluding tert-OH is 2. The quantitative estimate of drug-likeness (QED) is 0.0295. The largest absolute Gasteiger partial charge is 1.00 e. The third kappa shape index (κ3) is 19.7. The molecule has 0 spiro atoms. The fourth-order valence-electron chi connectivity index (χ4n) is 4.50.